The van der Waals surface area contributed by atoms with Gasteiger partial charge < -0.3 is 19.8 Å². The molecule has 0 saturated carbocycles. The Balaban J connectivity index is 1.61. The monoisotopic (exact) mass is 434 g/mol. The molecule has 0 spiro atoms. The summed E-state index contributed by atoms with van der Waals surface area (Å²) in [5.41, 5.74) is 1.28. The number of hydrogen-bond donors (Lipinski definition) is 2. The van der Waals surface area contributed by atoms with Crippen LogP contribution in [0.25, 0.3) is 10.9 Å². The van der Waals surface area contributed by atoms with Crippen LogP contribution in [0.5, 0.6) is 11.5 Å². The van der Waals surface area contributed by atoms with Crippen LogP contribution >= 0.6 is 27.7 Å². The van der Waals surface area contributed by atoms with Crippen molar-refractivity contribution in [3.8, 4) is 11.5 Å². The van der Waals surface area contributed by atoms with Crippen molar-refractivity contribution in [1.82, 2.24) is 10.3 Å². The van der Waals surface area contributed by atoms with Crippen LogP contribution in [0.15, 0.2) is 51.8 Å². The van der Waals surface area contributed by atoms with E-state index in [2.05, 4.69) is 26.2 Å². The smallest absolute Gasteiger partial charge is 0.267 e. The molecular weight excluding hydrogens is 416 g/mol. The Bertz CT molecular complexity index is 909. The molecular formula is C19H19BrN2O3S. The third-order valence-corrected chi connectivity index (χ3v) is 5.38. The van der Waals surface area contributed by atoms with E-state index in [4.69, 9.17) is 9.47 Å². The first-order chi connectivity index (χ1) is 12.6. The van der Waals surface area contributed by atoms with Crippen LogP contribution in [0.4, 0.5) is 0 Å². The van der Waals surface area contributed by atoms with Gasteiger partial charge in [-0.15, -0.1) is 11.8 Å². The average molecular weight is 435 g/mol. The fraction of sp³-hybridized carbons (Fsp3) is 0.211. The molecule has 3 aromatic rings. The Morgan fingerprint density at radius 2 is 1.92 bits per heavy atom. The Morgan fingerprint density at radius 3 is 2.62 bits per heavy atom. The molecule has 26 heavy (non-hydrogen) atoms. The van der Waals surface area contributed by atoms with Gasteiger partial charge in [0.05, 0.1) is 19.7 Å². The molecule has 5 nitrogen and oxygen atoms in total. The number of rotatable bonds is 7. The van der Waals surface area contributed by atoms with Crippen molar-refractivity contribution in [3.05, 3.63) is 52.6 Å². The largest absolute Gasteiger partial charge is 0.497 e. The van der Waals surface area contributed by atoms with E-state index in [1.807, 2.05) is 30.3 Å². The van der Waals surface area contributed by atoms with Crippen molar-refractivity contribution in [2.75, 3.05) is 26.5 Å². The highest BCUT2D eigenvalue weighted by molar-refractivity contribution is 9.10. The summed E-state index contributed by atoms with van der Waals surface area (Å²) in [6, 6.07) is 13.6. The first kappa shape index (κ1) is 18.7. The van der Waals surface area contributed by atoms with Crippen molar-refractivity contribution >= 4 is 44.5 Å². The number of thioether (sulfide) groups is 1. The van der Waals surface area contributed by atoms with E-state index in [-0.39, 0.29) is 5.91 Å². The van der Waals surface area contributed by atoms with Crippen LogP contribution in [0, 0.1) is 0 Å². The Labute approximate surface area is 164 Å². The fourth-order valence-electron chi connectivity index (χ4n) is 2.55. The molecule has 0 saturated heterocycles. The number of nitrogens with one attached hydrogen (secondary N) is 2. The van der Waals surface area contributed by atoms with Gasteiger partial charge in [-0.3, -0.25) is 4.79 Å². The third-order valence-electron chi connectivity index (χ3n) is 3.84. The maximum Gasteiger partial charge on any atom is 0.267 e. The van der Waals surface area contributed by atoms with Crippen molar-refractivity contribution in [1.29, 1.82) is 0 Å². The molecule has 0 aliphatic rings. The molecule has 0 unspecified atom stereocenters. The minimum Gasteiger partial charge on any atom is -0.497 e. The van der Waals surface area contributed by atoms with Gasteiger partial charge in [-0.1, -0.05) is 15.9 Å². The van der Waals surface area contributed by atoms with Gasteiger partial charge in [0.15, 0.2) is 0 Å². The van der Waals surface area contributed by atoms with Crippen molar-refractivity contribution in [2.24, 2.45) is 0 Å². The van der Waals surface area contributed by atoms with E-state index < -0.39 is 0 Å². The van der Waals surface area contributed by atoms with Gasteiger partial charge in [-0.2, -0.15) is 0 Å². The van der Waals surface area contributed by atoms with Gasteiger partial charge in [-0.05, 0) is 36.4 Å². The van der Waals surface area contributed by atoms with Gasteiger partial charge >= 0.3 is 0 Å². The molecule has 0 aliphatic carbocycles. The topological polar surface area (TPSA) is 63.4 Å². The summed E-state index contributed by atoms with van der Waals surface area (Å²) in [4.78, 5) is 16.7. The number of carbonyl (C=O) groups is 1. The van der Waals surface area contributed by atoms with Gasteiger partial charge in [0, 0.05) is 33.1 Å². The van der Waals surface area contributed by atoms with Crippen LogP contribution in [-0.4, -0.2) is 37.4 Å². The molecule has 136 valence electrons. The first-order valence-electron chi connectivity index (χ1n) is 8.02. The third kappa shape index (κ3) is 4.34. The number of hydrogen-bond acceptors (Lipinski definition) is 4. The van der Waals surface area contributed by atoms with Crippen molar-refractivity contribution in [3.63, 3.8) is 0 Å². The molecule has 1 amide bonds. The Kier molecular flexibility index (Phi) is 6.11. The summed E-state index contributed by atoms with van der Waals surface area (Å²) in [5, 5.41) is 3.81. The van der Waals surface area contributed by atoms with Crippen LogP contribution in [0.3, 0.4) is 0 Å². The maximum atomic E-state index is 12.4. The SMILES string of the molecule is COc1cc(OC)c2[nH]c(C(=O)NCCSc3ccc(Br)cc3)cc2c1. The highest BCUT2D eigenvalue weighted by Crippen LogP contribution is 2.31. The highest BCUT2D eigenvalue weighted by atomic mass is 79.9. The molecule has 1 heterocycles. The fourth-order valence-corrected chi connectivity index (χ4v) is 3.58. The quantitative estimate of drug-likeness (QED) is 0.425. The van der Waals surface area contributed by atoms with Crippen LogP contribution in [0.1, 0.15) is 10.5 Å². The summed E-state index contributed by atoms with van der Waals surface area (Å²) in [6.07, 6.45) is 0. The molecule has 7 heteroatoms. The lowest BCUT2D eigenvalue weighted by atomic mass is 10.2. The standard InChI is InChI=1S/C19H19BrN2O3S/c1-24-14-9-12-10-16(22-18(12)17(11-14)25-2)19(23)21-7-8-26-15-5-3-13(20)4-6-15/h3-6,9-11,22H,7-8H2,1-2H3,(H,21,23). The Morgan fingerprint density at radius 1 is 1.15 bits per heavy atom. The van der Waals surface area contributed by atoms with E-state index in [9.17, 15) is 4.79 Å². The van der Waals surface area contributed by atoms with Crippen LogP contribution in [0.2, 0.25) is 0 Å². The molecule has 2 aromatic carbocycles. The van der Waals surface area contributed by atoms with E-state index in [0.717, 1.165) is 21.1 Å². The molecule has 0 aliphatic heterocycles. The number of carbonyl (C=O) groups excluding carboxylic acids is 1. The maximum absolute atomic E-state index is 12.4. The highest BCUT2D eigenvalue weighted by Gasteiger charge is 2.13. The second-order valence-corrected chi connectivity index (χ2v) is 7.62. The van der Waals surface area contributed by atoms with Crippen molar-refractivity contribution < 1.29 is 14.3 Å². The van der Waals surface area contributed by atoms with Gasteiger partial charge in [0.1, 0.15) is 17.2 Å². The predicted molar refractivity (Wildman–Crippen MR) is 109 cm³/mol. The molecule has 0 fully saturated rings. The summed E-state index contributed by atoms with van der Waals surface area (Å²) >= 11 is 5.12. The summed E-state index contributed by atoms with van der Waals surface area (Å²) in [5.74, 6) is 1.99. The summed E-state index contributed by atoms with van der Waals surface area (Å²) < 4.78 is 11.7. The minimum absolute atomic E-state index is 0.140. The first-order valence-corrected chi connectivity index (χ1v) is 9.80. The van der Waals surface area contributed by atoms with E-state index >= 15 is 0 Å². The number of fused-ring (bicyclic) bond motifs is 1. The molecule has 0 bridgehead atoms. The van der Waals surface area contributed by atoms with Crippen molar-refractivity contribution in [2.45, 2.75) is 4.90 Å². The number of benzene rings is 2. The van der Waals surface area contributed by atoms with E-state index in [0.29, 0.717) is 23.7 Å². The van der Waals surface area contributed by atoms with Crippen LogP contribution < -0.4 is 14.8 Å². The molecule has 2 N–H and O–H groups in total. The summed E-state index contributed by atoms with van der Waals surface area (Å²) in [6.45, 7) is 0.579. The zero-order chi connectivity index (χ0) is 18.5. The van der Waals surface area contributed by atoms with Gasteiger partial charge in [0.25, 0.3) is 5.91 Å². The van der Waals surface area contributed by atoms with E-state index in [1.165, 1.54) is 4.90 Å². The second kappa shape index (κ2) is 8.51. The number of aromatic amines is 1. The number of amides is 1. The number of methoxy groups -OCH3 is 2. The lowest BCUT2D eigenvalue weighted by Crippen LogP contribution is -2.25. The second-order valence-electron chi connectivity index (χ2n) is 5.54. The molecule has 1 aromatic heterocycles. The zero-order valence-corrected chi connectivity index (χ0v) is 16.9. The molecule has 3 rings (SSSR count). The van der Waals surface area contributed by atoms with Crippen LogP contribution in [-0.2, 0) is 0 Å². The minimum atomic E-state index is -0.140. The number of H-pyrrole nitrogens is 1. The number of ether oxygens (including phenoxy) is 2. The van der Waals surface area contributed by atoms with Gasteiger partial charge in [0.2, 0.25) is 0 Å². The average Bonchev–Trinajstić information content (AvgIpc) is 3.09. The van der Waals surface area contributed by atoms with Gasteiger partial charge in [-0.25, -0.2) is 0 Å². The lowest BCUT2D eigenvalue weighted by molar-refractivity contribution is 0.0952. The molecule has 0 radical (unpaired) electrons. The Hall–Kier alpha value is -2.12. The summed E-state index contributed by atoms with van der Waals surface area (Å²) in [7, 11) is 3.19. The normalized spacial score (nSPS) is 10.7. The zero-order valence-electron chi connectivity index (χ0n) is 14.5. The number of aromatic nitrogens is 1. The lowest BCUT2D eigenvalue weighted by Gasteiger charge is -2.05. The predicted octanol–water partition coefficient (Wildman–Crippen LogP) is 4.47. The van der Waals surface area contributed by atoms with E-state index in [1.54, 1.807) is 38.1 Å². The molecule has 0 atom stereocenters. The number of halogens is 1.